The summed E-state index contributed by atoms with van der Waals surface area (Å²) >= 11 is 0. The van der Waals surface area contributed by atoms with Gasteiger partial charge in [0.25, 0.3) is 0 Å². The van der Waals surface area contributed by atoms with Gasteiger partial charge in [-0.1, -0.05) is 31.4 Å². The van der Waals surface area contributed by atoms with Gasteiger partial charge in [-0.3, -0.25) is 9.59 Å². The monoisotopic (exact) mass is 398 g/mol. The van der Waals surface area contributed by atoms with Gasteiger partial charge in [0.05, 0.1) is 25.2 Å². The van der Waals surface area contributed by atoms with Crippen LogP contribution in [0, 0.1) is 5.92 Å². The number of methoxy groups -OCH3 is 1. The summed E-state index contributed by atoms with van der Waals surface area (Å²) in [5, 5.41) is 2.87. The number of benzene rings is 1. The molecule has 1 aliphatic rings. The molecule has 2 rings (SSSR count). The highest BCUT2D eigenvalue weighted by molar-refractivity contribution is 5.86. The molecule has 0 saturated heterocycles. The molecule has 1 fully saturated rings. The van der Waals surface area contributed by atoms with Crippen molar-refractivity contribution >= 4 is 24.3 Å². The van der Waals surface area contributed by atoms with Gasteiger partial charge >= 0.3 is 5.97 Å². The molecule has 0 radical (unpaired) electrons. The Labute approximate surface area is 167 Å². The fourth-order valence-corrected chi connectivity index (χ4v) is 3.38. The lowest BCUT2D eigenvalue weighted by atomic mass is 9.82. The van der Waals surface area contributed by atoms with Gasteiger partial charge in [0.15, 0.2) is 0 Å². The standard InChI is InChI=1S/C20H30N2O4.ClH/c1-3-26-17-9-7-15(8-10-17)13-16(18(23)25-2)14-22-19(24)20(21)11-5-4-6-12-20;/h7-10,16H,3-6,11-14,21H2,1-2H3,(H,22,24);1H. The van der Waals surface area contributed by atoms with Crippen molar-refractivity contribution in [3.63, 3.8) is 0 Å². The second-order valence-corrected chi connectivity index (χ2v) is 6.93. The van der Waals surface area contributed by atoms with Crippen molar-refractivity contribution in [2.24, 2.45) is 11.7 Å². The zero-order valence-corrected chi connectivity index (χ0v) is 17.0. The fourth-order valence-electron chi connectivity index (χ4n) is 3.38. The predicted molar refractivity (Wildman–Crippen MR) is 107 cm³/mol. The number of amides is 1. The summed E-state index contributed by atoms with van der Waals surface area (Å²) < 4.78 is 10.3. The van der Waals surface area contributed by atoms with Gasteiger partial charge in [-0.2, -0.15) is 0 Å². The molecule has 1 unspecified atom stereocenters. The summed E-state index contributed by atoms with van der Waals surface area (Å²) in [5.41, 5.74) is 6.43. The molecule has 27 heavy (non-hydrogen) atoms. The van der Waals surface area contributed by atoms with E-state index in [0.717, 1.165) is 30.6 Å². The Balaban J connectivity index is 0.00000364. The van der Waals surface area contributed by atoms with Crippen molar-refractivity contribution in [3.8, 4) is 5.75 Å². The Bertz CT molecular complexity index is 601. The van der Waals surface area contributed by atoms with E-state index in [1.165, 1.54) is 7.11 Å². The van der Waals surface area contributed by atoms with E-state index in [2.05, 4.69) is 5.32 Å². The average molecular weight is 399 g/mol. The second kappa shape index (κ2) is 11.1. The topological polar surface area (TPSA) is 90.6 Å². The third kappa shape index (κ3) is 6.70. The molecule has 1 aromatic carbocycles. The smallest absolute Gasteiger partial charge is 0.310 e. The molecule has 1 atom stereocenters. The second-order valence-electron chi connectivity index (χ2n) is 6.93. The lowest BCUT2D eigenvalue weighted by Crippen LogP contribution is -2.56. The summed E-state index contributed by atoms with van der Waals surface area (Å²) in [5.74, 6) is -0.165. The van der Waals surface area contributed by atoms with Crippen LogP contribution in [0.2, 0.25) is 0 Å². The third-order valence-corrected chi connectivity index (χ3v) is 4.96. The van der Waals surface area contributed by atoms with E-state index in [-0.39, 0.29) is 30.8 Å². The molecule has 3 N–H and O–H groups in total. The number of nitrogens with two attached hydrogens (primary N) is 1. The minimum Gasteiger partial charge on any atom is -0.494 e. The van der Waals surface area contributed by atoms with Gasteiger partial charge in [0, 0.05) is 6.54 Å². The maximum absolute atomic E-state index is 12.5. The highest BCUT2D eigenvalue weighted by Crippen LogP contribution is 2.26. The first-order valence-electron chi connectivity index (χ1n) is 9.35. The highest BCUT2D eigenvalue weighted by atomic mass is 35.5. The zero-order valence-electron chi connectivity index (χ0n) is 16.2. The molecule has 152 valence electrons. The third-order valence-electron chi connectivity index (χ3n) is 4.96. The van der Waals surface area contributed by atoms with Gasteiger partial charge in [-0.05, 0) is 43.9 Å². The minimum absolute atomic E-state index is 0. The van der Waals surface area contributed by atoms with Crippen LogP contribution in [0.4, 0.5) is 0 Å². The molecule has 0 bridgehead atoms. The van der Waals surface area contributed by atoms with Gasteiger partial charge in [-0.15, -0.1) is 12.4 Å². The molecule has 0 aliphatic heterocycles. The highest BCUT2D eigenvalue weighted by Gasteiger charge is 2.35. The predicted octanol–water partition coefficient (Wildman–Crippen LogP) is 2.62. The van der Waals surface area contributed by atoms with Crippen LogP contribution < -0.4 is 15.8 Å². The lowest BCUT2D eigenvalue weighted by Gasteiger charge is -2.32. The van der Waals surface area contributed by atoms with Crippen molar-refractivity contribution < 1.29 is 19.1 Å². The Morgan fingerprint density at radius 3 is 2.37 bits per heavy atom. The number of esters is 1. The molecule has 6 nitrogen and oxygen atoms in total. The number of ether oxygens (including phenoxy) is 2. The Hall–Kier alpha value is -1.79. The van der Waals surface area contributed by atoms with E-state index in [4.69, 9.17) is 15.2 Å². The number of hydrogen-bond donors (Lipinski definition) is 2. The van der Waals surface area contributed by atoms with Crippen molar-refractivity contribution in [2.75, 3.05) is 20.3 Å². The number of hydrogen-bond acceptors (Lipinski definition) is 5. The molecule has 7 heteroatoms. The van der Waals surface area contributed by atoms with Crippen LogP contribution in [0.3, 0.4) is 0 Å². The maximum Gasteiger partial charge on any atom is 0.310 e. The number of halogens is 1. The average Bonchev–Trinajstić information content (AvgIpc) is 2.66. The number of nitrogens with one attached hydrogen (secondary N) is 1. The van der Waals surface area contributed by atoms with Crippen molar-refractivity contribution in [1.82, 2.24) is 5.32 Å². The van der Waals surface area contributed by atoms with Gasteiger partial charge in [-0.25, -0.2) is 0 Å². The summed E-state index contributed by atoms with van der Waals surface area (Å²) in [6, 6.07) is 7.61. The largest absolute Gasteiger partial charge is 0.494 e. The summed E-state index contributed by atoms with van der Waals surface area (Å²) in [4.78, 5) is 24.6. The summed E-state index contributed by atoms with van der Waals surface area (Å²) in [7, 11) is 1.36. The number of carbonyl (C=O) groups is 2. The van der Waals surface area contributed by atoms with Crippen molar-refractivity contribution in [3.05, 3.63) is 29.8 Å². The number of rotatable bonds is 8. The first-order valence-corrected chi connectivity index (χ1v) is 9.35. The number of carbonyl (C=O) groups excluding carboxylic acids is 2. The Morgan fingerprint density at radius 2 is 1.81 bits per heavy atom. The van der Waals surface area contributed by atoms with Gasteiger partial charge < -0.3 is 20.5 Å². The van der Waals surface area contributed by atoms with Crippen LogP contribution >= 0.6 is 12.4 Å². The lowest BCUT2D eigenvalue weighted by molar-refractivity contribution is -0.145. The molecule has 1 aliphatic carbocycles. The fraction of sp³-hybridized carbons (Fsp3) is 0.600. The van der Waals surface area contributed by atoms with Crippen molar-refractivity contribution in [1.29, 1.82) is 0 Å². The van der Waals surface area contributed by atoms with E-state index in [1.54, 1.807) is 0 Å². The van der Waals surface area contributed by atoms with Gasteiger partial charge in [0.1, 0.15) is 5.75 Å². The molecule has 1 saturated carbocycles. The quantitative estimate of drug-likeness (QED) is 0.657. The molecular weight excluding hydrogens is 368 g/mol. The first-order chi connectivity index (χ1) is 12.5. The van der Waals surface area contributed by atoms with E-state index >= 15 is 0 Å². The molecular formula is C20H31ClN2O4. The van der Waals surface area contributed by atoms with Crippen molar-refractivity contribution in [2.45, 2.75) is 51.0 Å². The van der Waals surface area contributed by atoms with Gasteiger partial charge in [0.2, 0.25) is 5.91 Å². The molecule has 1 aromatic rings. The minimum atomic E-state index is -0.807. The molecule has 1 amide bonds. The van der Waals surface area contributed by atoms with E-state index < -0.39 is 11.5 Å². The molecule has 0 aromatic heterocycles. The summed E-state index contributed by atoms with van der Waals surface area (Å²) in [6.07, 6.45) is 4.93. The normalized spacial score (nSPS) is 16.6. The SMILES string of the molecule is CCOc1ccc(CC(CNC(=O)C2(N)CCCCC2)C(=O)OC)cc1.Cl. The van der Waals surface area contributed by atoms with E-state index in [9.17, 15) is 9.59 Å². The van der Waals surface area contributed by atoms with Crippen LogP contribution in [0.15, 0.2) is 24.3 Å². The van der Waals surface area contributed by atoms with Crippen LogP contribution in [-0.4, -0.2) is 37.7 Å². The van der Waals surface area contributed by atoms with Crippen LogP contribution in [0.1, 0.15) is 44.6 Å². The van der Waals surface area contributed by atoms with Crippen LogP contribution in [0.25, 0.3) is 0 Å². The van der Waals surface area contributed by atoms with Crippen LogP contribution in [-0.2, 0) is 20.7 Å². The Kier molecular flexibility index (Phi) is 9.60. The van der Waals surface area contributed by atoms with Crippen LogP contribution in [0.5, 0.6) is 5.75 Å². The molecule has 0 heterocycles. The zero-order chi connectivity index (χ0) is 19.0. The summed E-state index contributed by atoms with van der Waals surface area (Å²) in [6.45, 7) is 2.76. The van der Waals surface area contributed by atoms with E-state index in [0.29, 0.717) is 25.9 Å². The van der Waals surface area contributed by atoms with E-state index in [1.807, 2.05) is 31.2 Å². The molecule has 0 spiro atoms. The Morgan fingerprint density at radius 1 is 1.19 bits per heavy atom. The first kappa shape index (κ1) is 23.2. The maximum atomic E-state index is 12.5.